The van der Waals surface area contributed by atoms with Gasteiger partial charge in [-0.15, -0.1) is 0 Å². The molecular weight excluding hydrogens is 206 g/mol. The maximum absolute atomic E-state index is 10.7. The Kier molecular flexibility index (Phi) is 9.24. The summed E-state index contributed by atoms with van der Waals surface area (Å²) in [4.78, 5) is 10.7. The van der Waals surface area contributed by atoms with Crippen LogP contribution < -0.4 is 5.73 Å². The number of carbonyl (C=O) groups is 1. The molecule has 0 radical (unpaired) electrons. The number of nitrogens with two attached hydrogens (primary N) is 1. The predicted molar refractivity (Wildman–Crippen MR) is 64.3 cm³/mol. The molecule has 0 spiro atoms. The summed E-state index contributed by atoms with van der Waals surface area (Å²) in [5.74, 6) is -0.666. The molecule has 0 rings (SSSR count). The first-order valence-electron chi connectivity index (χ1n) is 6.12. The van der Waals surface area contributed by atoms with Crippen LogP contribution in [-0.2, 0) is 9.53 Å². The standard InChI is InChI=1S/C12H25NO3/c1-3-7-16-8-6-10(2)4-5-11(9-13)12(14)15/h10-11H,3-9,13H2,1-2H3,(H,14,15). The summed E-state index contributed by atoms with van der Waals surface area (Å²) in [7, 11) is 0. The van der Waals surface area contributed by atoms with E-state index in [-0.39, 0.29) is 12.5 Å². The molecule has 2 unspecified atom stereocenters. The second kappa shape index (κ2) is 9.60. The van der Waals surface area contributed by atoms with E-state index in [0.717, 1.165) is 32.5 Å². The highest BCUT2D eigenvalue weighted by atomic mass is 16.5. The summed E-state index contributed by atoms with van der Waals surface area (Å²) in [6.45, 7) is 6.03. The Hall–Kier alpha value is -0.610. The van der Waals surface area contributed by atoms with E-state index in [1.54, 1.807) is 0 Å². The lowest BCUT2D eigenvalue weighted by Crippen LogP contribution is -2.23. The van der Waals surface area contributed by atoms with Gasteiger partial charge in [0.25, 0.3) is 0 Å². The third-order valence-electron chi connectivity index (χ3n) is 2.75. The molecule has 0 heterocycles. The molecular formula is C12H25NO3. The van der Waals surface area contributed by atoms with Gasteiger partial charge in [-0.25, -0.2) is 0 Å². The van der Waals surface area contributed by atoms with Gasteiger partial charge in [-0.05, 0) is 31.6 Å². The molecule has 3 N–H and O–H groups in total. The summed E-state index contributed by atoms with van der Waals surface area (Å²) < 4.78 is 5.39. The summed E-state index contributed by atoms with van der Waals surface area (Å²) in [5.41, 5.74) is 5.39. The third-order valence-corrected chi connectivity index (χ3v) is 2.75. The molecule has 0 aromatic rings. The second-order valence-corrected chi connectivity index (χ2v) is 4.35. The molecule has 4 nitrogen and oxygen atoms in total. The number of rotatable bonds is 10. The Morgan fingerprint density at radius 1 is 1.31 bits per heavy atom. The molecule has 0 fully saturated rings. The van der Waals surface area contributed by atoms with Crippen LogP contribution in [0.3, 0.4) is 0 Å². The zero-order chi connectivity index (χ0) is 12.4. The van der Waals surface area contributed by atoms with Gasteiger partial charge in [0.05, 0.1) is 5.92 Å². The molecule has 0 bridgehead atoms. The average Bonchev–Trinajstić information content (AvgIpc) is 2.25. The fourth-order valence-electron chi connectivity index (χ4n) is 1.50. The number of hydrogen-bond donors (Lipinski definition) is 2. The van der Waals surface area contributed by atoms with Gasteiger partial charge < -0.3 is 15.6 Å². The molecule has 0 aliphatic rings. The highest BCUT2D eigenvalue weighted by molar-refractivity contribution is 5.70. The van der Waals surface area contributed by atoms with Gasteiger partial charge >= 0.3 is 5.97 Å². The van der Waals surface area contributed by atoms with E-state index in [4.69, 9.17) is 15.6 Å². The fourth-order valence-corrected chi connectivity index (χ4v) is 1.50. The maximum Gasteiger partial charge on any atom is 0.307 e. The van der Waals surface area contributed by atoms with Crippen molar-refractivity contribution in [3.63, 3.8) is 0 Å². The van der Waals surface area contributed by atoms with Crippen molar-refractivity contribution in [1.82, 2.24) is 0 Å². The number of aliphatic carboxylic acids is 1. The van der Waals surface area contributed by atoms with E-state index < -0.39 is 5.97 Å². The lowest BCUT2D eigenvalue weighted by atomic mass is 9.95. The van der Waals surface area contributed by atoms with E-state index in [0.29, 0.717) is 12.3 Å². The molecule has 0 saturated carbocycles. The molecule has 16 heavy (non-hydrogen) atoms. The molecule has 0 aromatic heterocycles. The van der Waals surface area contributed by atoms with Gasteiger partial charge in [-0.3, -0.25) is 4.79 Å². The predicted octanol–water partition coefficient (Wildman–Crippen LogP) is 1.88. The molecule has 0 aromatic carbocycles. The zero-order valence-electron chi connectivity index (χ0n) is 10.4. The largest absolute Gasteiger partial charge is 0.481 e. The van der Waals surface area contributed by atoms with Gasteiger partial charge in [0, 0.05) is 19.8 Å². The summed E-state index contributed by atoms with van der Waals surface area (Å²) in [6, 6.07) is 0. The van der Waals surface area contributed by atoms with E-state index in [1.807, 2.05) is 0 Å². The van der Waals surface area contributed by atoms with Crippen LogP contribution in [0.2, 0.25) is 0 Å². The number of ether oxygens (including phenoxy) is 1. The number of hydrogen-bond acceptors (Lipinski definition) is 3. The van der Waals surface area contributed by atoms with E-state index in [9.17, 15) is 4.79 Å². The van der Waals surface area contributed by atoms with Crippen LogP contribution in [0.25, 0.3) is 0 Å². The summed E-state index contributed by atoms with van der Waals surface area (Å²) in [6.07, 6.45) is 3.62. The Bertz CT molecular complexity index is 185. The number of carboxylic acids is 1. The van der Waals surface area contributed by atoms with Crippen LogP contribution in [-0.4, -0.2) is 30.8 Å². The van der Waals surface area contributed by atoms with Crippen LogP contribution in [0.1, 0.15) is 39.5 Å². The molecule has 0 aliphatic heterocycles. The first-order valence-corrected chi connectivity index (χ1v) is 6.12. The zero-order valence-corrected chi connectivity index (χ0v) is 10.4. The van der Waals surface area contributed by atoms with E-state index in [2.05, 4.69) is 13.8 Å². The van der Waals surface area contributed by atoms with Gasteiger partial charge in [0.2, 0.25) is 0 Å². The first kappa shape index (κ1) is 15.4. The third kappa shape index (κ3) is 7.65. The van der Waals surface area contributed by atoms with E-state index in [1.165, 1.54) is 0 Å². The van der Waals surface area contributed by atoms with Gasteiger partial charge in [-0.1, -0.05) is 13.8 Å². The van der Waals surface area contributed by atoms with Crippen LogP contribution in [0.5, 0.6) is 0 Å². The highest BCUT2D eigenvalue weighted by Crippen LogP contribution is 2.15. The summed E-state index contributed by atoms with van der Waals surface area (Å²) >= 11 is 0. The van der Waals surface area contributed by atoms with Gasteiger partial charge in [0.1, 0.15) is 0 Å². The molecule has 96 valence electrons. The molecule has 2 atom stereocenters. The molecule has 4 heteroatoms. The van der Waals surface area contributed by atoms with Crippen molar-refractivity contribution in [2.45, 2.75) is 39.5 Å². The van der Waals surface area contributed by atoms with E-state index >= 15 is 0 Å². The van der Waals surface area contributed by atoms with Gasteiger partial charge in [-0.2, -0.15) is 0 Å². The topological polar surface area (TPSA) is 72.5 Å². The summed E-state index contributed by atoms with van der Waals surface area (Å²) in [5, 5.41) is 8.83. The Morgan fingerprint density at radius 2 is 2.00 bits per heavy atom. The average molecular weight is 231 g/mol. The normalized spacial score (nSPS) is 14.7. The first-order chi connectivity index (χ1) is 7.61. The highest BCUT2D eigenvalue weighted by Gasteiger charge is 2.16. The monoisotopic (exact) mass is 231 g/mol. The van der Waals surface area contributed by atoms with Crippen LogP contribution >= 0.6 is 0 Å². The smallest absolute Gasteiger partial charge is 0.307 e. The lowest BCUT2D eigenvalue weighted by Gasteiger charge is -2.14. The number of carboxylic acid groups (broad SMARTS) is 1. The van der Waals surface area contributed by atoms with Crippen LogP contribution in [0, 0.1) is 11.8 Å². The minimum Gasteiger partial charge on any atom is -0.481 e. The minimum atomic E-state index is -0.781. The van der Waals surface area contributed by atoms with Crippen LogP contribution in [0.4, 0.5) is 0 Å². The Morgan fingerprint density at radius 3 is 2.50 bits per heavy atom. The lowest BCUT2D eigenvalue weighted by molar-refractivity contribution is -0.141. The molecule has 0 aliphatic carbocycles. The van der Waals surface area contributed by atoms with Crippen molar-refractivity contribution in [1.29, 1.82) is 0 Å². The fraction of sp³-hybridized carbons (Fsp3) is 0.917. The second-order valence-electron chi connectivity index (χ2n) is 4.35. The van der Waals surface area contributed by atoms with Crippen molar-refractivity contribution >= 4 is 5.97 Å². The Balaban J connectivity index is 3.55. The SMILES string of the molecule is CCCOCCC(C)CCC(CN)C(=O)O. The van der Waals surface area contributed by atoms with Crippen molar-refractivity contribution in [2.75, 3.05) is 19.8 Å². The molecule has 0 amide bonds. The maximum atomic E-state index is 10.7. The molecule has 0 saturated heterocycles. The van der Waals surface area contributed by atoms with Crippen molar-refractivity contribution in [2.24, 2.45) is 17.6 Å². The Labute approximate surface area is 98.2 Å². The van der Waals surface area contributed by atoms with Crippen molar-refractivity contribution in [3.05, 3.63) is 0 Å². The van der Waals surface area contributed by atoms with Crippen molar-refractivity contribution in [3.8, 4) is 0 Å². The van der Waals surface area contributed by atoms with Gasteiger partial charge in [0.15, 0.2) is 0 Å². The quantitative estimate of drug-likeness (QED) is 0.563. The minimum absolute atomic E-state index is 0.231. The van der Waals surface area contributed by atoms with Crippen LogP contribution in [0.15, 0.2) is 0 Å². The van der Waals surface area contributed by atoms with Crippen molar-refractivity contribution < 1.29 is 14.6 Å².